The maximum Gasteiger partial charge on any atom is 0.335 e. The van der Waals surface area contributed by atoms with E-state index in [0.29, 0.717) is 0 Å². The fraction of sp³-hybridized carbons (Fsp3) is 0.545. The fourth-order valence-electron chi connectivity index (χ4n) is 2.29. The number of ether oxygens (including phenoxy) is 1. The molecule has 1 aromatic rings. The van der Waals surface area contributed by atoms with Gasteiger partial charge in [-0.3, -0.25) is 14.9 Å². The van der Waals surface area contributed by atoms with Gasteiger partial charge in [0, 0.05) is 12.1 Å². The Morgan fingerprint density at radius 1 is 1.20 bits per heavy atom. The summed E-state index contributed by atoms with van der Waals surface area (Å²) in [6.45, 7) is 12.1. The van der Waals surface area contributed by atoms with Gasteiger partial charge in [-0.15, -0.1) is 6.58 Å². The van der Waals surface area contributed by atoms with Crippen molar-refractivity contribution in [2.45, 2.75) is 71.4 Å². The van der Waals surface area contributed by atoms with Gasteiger partial charge >= 0.3 is 11.9 Å². The molecule has 1 rings (SSSR count). The lowest BCUT2D eigenvalue weighted by molar-refractivity contribution is -0.384. The number of nitrogens with zero attached hydrogens (tertiary/aromatic N) is 1. The minimum absolute atomic E-state index is 0.0422. The van der Waals surface area contributed by atoms with Crippen molar-refractivity contribution in [1.82, 2.24) is 5.32 Å². The monoisotopic (exact) mass is 422 g/mol. The van der Waals surface area contributed by atoms with Gasteiger partial charge in [0.1, 0.15) is 11.6 Å². The number of aromatic carboxylic acids is 1. The summed E-state index contributed by atoms with van der Waals surface area (Å²) in [4.78, 5) is 31.5. The third kappa shape index (κ3) is 13.4. The van der Waals surface area contributed by atoms with Crippen molar-refractivity contribution in [3.63, 3.8) is 0 Å². The van der Waals surface area contributed by atoms with Crippen LogP contribution in [0.5, 0.6) is 0 Å². The van der Waals surface area contributed by atoms with E-state index in [1.54, 1.807) is 0 Å². The van der Waals surface area contributed by atoms with Crippen LogP contribution >= 0.6 is 0 Å². The van der Waals surface area contributed by atoms with E-state index < -0.39 is 16.5 Å². The van der Waals surface area contributed by atoms with Gasteiger partial charge < -0.3 is 15.2 Å². The molecular weight excluding hydrogens is 388 g/mol. The van der Waals surface area contributed by atoms with Crippen LogP contribution in [0.4, 0.5) is 5.69 Å². The van der Waals surface area contributed by atoms with Gasteiger partial charge in [-0.05, 0) is 65.6 Å². The molecule has 0 fully saturated rings. The first kappa shape index (κ1) is 27.3. The second-order valence-electron chi connectivity index (χ2n) is 7.81. The van der Waals surface area contributed by atoms with Crippen molar-refractivity contribution in [3.8, 4) is 0 Å². The number of carbonyl (C=O) groups excluding carboxylic acids is 1. The van der Waals surface area contributed by atoms with Crippen molar-refractivity contribution in [2.75, 3.05) is 6.54 Å². The normalized spacial score (nSPS) is 11.6. The van der Waals surface area contributed by atoms with Gasteiger partial charge in [0.2, 0.25) is 0 Å². The highest BCUT2D eigenvalue weighted by Crippen LogP contribution is 2.11. The van der Waals surface area contributed by atoms with Gasteiger partial charge in [0.25, 0.3) is 5.69 Å². The number of nitro benzene ring substituents is 1. The molecule has 0 radical (unpaired) electrons. The number of carboxylic acid groups (broad SMARTS) is 1. The first-order valence-electron chi connectivity index (χ1n) is 10.0. The van der Waals surface area contributed by atoms with Crippen LogP contribution in [0.1, 0.15) is 70.2 Å². The summed E-state index contributed by atoms with van der Waals surface area (Å²) in [7, 11) is 0. The van der Waals surface area contributed by atoms with E-state index in [1.807, 2.05) is 33.8 Å². The van der Waals surface area contributed by atoms with Crippen molar-refractivity contribution in [2.24, 2.45) is 0 Å². The third-order valence-corrected chi connectivity index (χ3v) is 3.87. The van der Waals surface area contributed by atoms with Gasteiger partial charge in [-0.1, -0.05) is 18.9 Å². The molecule has 0 amide bonds. The van der Waals surface area contributed by atoms with Crippen LogP contribution in [-0.4, -0.2) is 40.2 Å². The molecule has 8 nitrogen and oxygen atoms in total. The SMILES string of the molecule is C=CCCCCCCN[C@H](C)C(=O)OC(C)(C)C.O=C(O)c1ccc([N+](=O)[O-])cc1. The van der Waals surface area contributed by atoms with Gasteiger partial charge in [-0.2, -0.15) is 0 Å². The average Bonchev–Trinajstić information content (AvgIpc) is 2.66. The highest BCUT2D eigenvalue weighted by Gasteiger charge is 2.20. The number of nitrogens with one attached hydrogen (secondary N) is 1. The lowest BCUT2D eigenvalue weighted by atomic mass is 10.1. The largest absolute Gasteiger partial charge is 0.478 e. The third-order valence-electron chi connectivity index (χ3n) is 3.87. The van der Waals surface area contributed by atoms with E-state index in [-0.39, 0.29) is 23.3 Å². The number of unbranched alkanes of at least 4 members (excludes halogenated alkanes) is 4. The molecule has 0 unspecified atom stereocenters. The second kappa shape index (κ2) is 14.3. The molecule has 0 bridgehead atoms. The summed E-state index contributed by atoms with van der Waals surface area (Å²) >= 11 is 0. The molecule has 0 aliphatic carbocycles. The molecule has 0 saturated carbocycles. The molecule has 0 spiro atoms. The van der Waals surface area contributed by atoms with Gasteiger partial charge in [0.05, 0.1) is 10.5 Å². The number of nitro groups is 1. The van der Waals surface area contributed by atoms with Crippen LogP contribution in [0.25, 0.3) is 0 Å². The minimum Gasteiger partial charge on any atom is -0.478 e. The smallest absolute Gasteiger partial charge is 0.335 e. The number of carbonyl (C=O) groups is 2. The topological polar surface area (TPSA) is 119 Å². The van der Waals surface area contributed by atoms with Crippen molar-refractivity contribution in [1.29, 1.82) is 0 Å². The van der Waals surface area contributed by atoms with Gasteiger partial charge in [-0.25, -0.2) is 4.79 Å². The molecule has 0 aliphatic rings. The zero-order valence-corrected chi connectivity index (χ0v) is 18.3. The van der Waals surface area contributed by atoms with Crippen LogP contribution in [0.3, 0.4) is 0 Å². The van der Waals surface area contributed by atoms with Crippen LogP contribution in [-0.2, 0) is 9.53 Å². The minimum atomic E-state index is -1.09. The average molecular weight is 423 g/mol. The van der Waals surface area contributed by atoms with Crippen LogP contribution in [0.15, 0.2) is 36.9 Å². The fourth-order valence-corrected chi connectivity index (χ4v) is 2.29. The van der Waals surface area contributed by atoms with E-state index in [2.05, 4.69) is 11.9 Å². The highest BCUT2D eigenvalue weighted by molar-refractivity contribution is 5.87. The number of benzene rings is 1. The van der Waals surface area contributed by atoms with E-state index >= 15 is 0 Å². The molecular formula is C22H34N2O6. The molecule has 0 aliphatic heterocycles. The number of carboxylic acids is 1. The maximum absolute atomic E-state index is 11.7. The lowest BCUT2D eigenvalue weighted by Gasteiger charge is -2.22. The lowest BCUT2D eigenvalue weighted by Crippen LogP contribution is -2.39. The zero-order valence-electron chi connectivity index (χ0n) is 18.3. The summed E-state index contributed by atoms with van der Waals surface area (Å²) in [6.07, 6.45) is 7.80. The number of hydrogen-bond acceptors (Lipinski definition) is 6. The first-order valence-corrected chi connectivity index (χ1v) is 10.0. The van der Waals surface area contributed by atoms with E-state index in [0.717, 1.165) is 31.5 Å². The molecule has 0 aromatic heterocycles. The second-order valence-corrected chi connectivity index (χ2v) is 7.81. The summed E-state index contributed by atoms with van der Waals surface area (Å²) in [6, 6.07) is 4.48. The number of non-ortho nitro benzene ring substituents is 1. The standard InChI is InChI=1S/C15H29NO2.C7H5NO4/c1-6-7-8-9-10-11-12-16-13(2)14(17)18-15(3,4)5;9-7(10)5-1-3-6(4-2-5)8(11)12/h6,13,16H,1,7-12H2,2-5H3;1-4H,(H,9,10)/t13-;/m1./s1. The Labute approximate surface area is 178 Å². The predicted octanol–water partition coefficient (Wildman–Crippen LogP) is 4.74. The maximum atomic E-state index is 11.7. The van der Waals surface area contributed by atoms with Crippen LogP contribution in [0.2, 0.25) is 0 Å². The van der Waals surface area contributed by atoms with E-state index in [9.17, 15) is 19.7 Å². The number of hydrogen-bond donors (Lipinski definition) is 2. The summed E-state index contributed by atoms with van der Waals surface area (Å²) < 4.78 is 5.30. The molecule has 0 heterocycles. The Morgan fingerprint density at radius 3 is 2.23 bits per heavy atom. The zero-order chi connectivity index (χ0) is 23.2. The summed E-state index contributed by atoms with van der Waals surface area (Å²) in [5.41, 5.74) is -0.474. The first-order chi connectivity index (χ1) is 14.0. The molecule has 30 heavy (non-hydrogen) atoms. The van der Waals surface area contributed by atoms with Crippen LogP contribution in [0, 0.1) is 10.1 Å². The van der Waals surface area contributed by atoms with Crippen molar-refractivity contribution >= 4 is 17.6 Å². The number of allylic oxidation sites excluding steroid dienone is 1. The molecule has 1 atom stereocenters. The molecule has 168 valence electrons. The quantitative estimate of drug-likeness (QED) is 0.174. The number of esters is 1. The van der Waals surface area contributed by atoms with E-state index in [4.69, 9.17) is 9.84 Å². The van der Waals surface area contributed by atoms with Crippen molar-refractivity contribution < 1.29 is 24.4 Å². The Kier molecular flexibility index (Phi) is 13.0. The summed E-state index contributed by atoms with van der Waals surface area (Å²) in [5, 5.41) is 21.8. The number of rotatable bonds is 11. The predicted molar refractivity (Wildman–Crippen MR) is 117 cm³/mol. The Balaban J connectivity index is 0.000000604. The Morgan fingerprint density at radius 2 is 1.77 bits per heavy atom. The Hall–Kier alpha value is -2.74. The Bertz CT molecular complexity index is 647. The summed E-state index contributed by atoms with van der Waals surface area (Å²) in [5.74, 6) is -1.26. The van der Waals surface area contributed by atoms with Gasteiger partial charge in [0.15, 0.2) is 0 Å². The molecule has 1 aromatic carbocycles. The molecule has 8 heteroatoms. The van der Waals surface area contributed by atoms with Crippen LogP contribution < -0.4 is 5.32 Å². The van der Waals surface area contributed by atoms with Crippen molar-refractivity contribution in [3.05, 3.63) is 52.6 Å². The highest BCUT2D eigenvalue weighted by atomic mass is 16.6. The van der Waals surface area contributed by atoms with E-state index in [1.165, 1.54) is 31.4 Å². The molecule has 2 N–H and O–H groups in total. The molecule has 0 saturated heterocycles.